The monoisotopic (exact) mass is 1040 g/mol. The van der Waals surface area contributed by atoms with Crippen molar-refractivity contribution in [2.75, 3.05) is 5.73 Å². The molecule has 2 aromatic carbocycles. The van der Waals surface area contributed by atoms with Gasteiger partial charge in [0.05, 0.1) is 62.4 Å². The number of rotatable bonds is 5. The Morgan fingerprint density at radius 2 is 1.41 bits per heavy atom. The maximum atomic E-state index is 13.3. The fourth-order valence-electron chi connectivity index (χ4n) is 6.89. The average molecular weight is 1050 g/mol. The second-order valence-corrected chi connectivity index (χ2v) is 15.4. The predicted octanol–water partition coefficient (Wildman–Crippen LogP) is 11.0. The SMILES string of the molecule is Brc1cncc2[nH]ccc12.C.Cc1cc(N)nc(C)c1CNC(=O)c1cn(Cc2ccc3ncc(Cl)cc3c2)c2cncc(C#N)c12.N#Cc1cncc2[nH]ccc12.[C-]#N.[C-]#N.[Zn+2].c1ccccc1. The van der Waals surface area contributed by atoms with Crippen LogP contribution in [0.15, 0.2) is 145 Å². The Hall–Kier alpha value is -8.31. The molecule has 69 heavy (non-hydrogen) atoms. The molecule has 15 nitrogen and oxygen atoms in total. The first-order valence-electron chi connectivity index (χ1n) is 19.9. The van der Waals surface area contributed by atoms with Crippen molar-refractivity contribution >= 4 is 82.9 Å². The maximum absolute atomic E-state index is 13.3. The van der Waals surface area contributed by atoms with Gasteiger partial charge in [0.1, 0.15) is 18.0 Å². The van der Waals surface area contributed by atoms with E-state index >= 15 is 0 Å². The van der Waals surface area contributed by atoms with E-state index in [2.05, 4.69) is 68.3 Å². The molecule has 0 fully saturated rings. The minimum absolute atomic E-state index is 0. The van der Waals surface area contributed by atoms with E-state index in [0.717, 1.165) is 54.2 Å². The molecule has 0 saturated carbocycles. The number of nitrogens with two attached hydrogens (primary N) is 1. The number of carbonyl (C=O) groups is 1. The molecule has 0 radical (unpaired) electrons. The summed E-state index contributed by atoms with van der Waals surface area (Å²) in [6, 6.07) is 29.7. The van der Waals surface area contributed by atoms with Gasteiger partial charge in [0.2, 0.25) is 0 Å². The number of halogens is 2. The molecule has 0 aliphatic heterocycles. The summed E-state index contributed by atoms with van der Waals surface area (Å²) in [5.41, 5.74) is 14.3. The van der Waals surface area contributed by atoms with E-state index in [-0.39, 0.29) is 32.8 Å². The first-order chi connectivity index (χ1) is 32.6. The number of nitriles is 2. The Morgan fingerprint density at radius 3 is 2.03 bits per heavy atom. The zero-order valence-corrected chi connectivity index (χ0v) is 41.9. The molecule has 0 bridgehead atoms. The third-order valence-electron chi connectivity index (χ3n) is 9.91. The van der Waals surface area contributed by atoms with Gasteiger partial charge >= 0.3 is 19.5 Å². The van der Waals surface area contributed by atoms with Crippen LogP contribution in [0.25, 0.3) is 43.6 Å². The Labute approximate surface area is 425 Å². The minimum atomic E-state index is -0.286. The van der Waals surface area contributed by atoms with Gasteiger partial charge < -0.3 is 49.3 Å². The molecule has 0 aliphatic carbocycles. The average Bonchev–Trinajstić information content (AvgIpc) is 4.14. The van der Waals surface area contributed by atoms with Crippen LogP contribution in [0, 0.1) is 60.2 Å². The second kappa shape index (κ2) is 27.4. The van der Waals surface area contributed by atoms with Crippen LogP contribution < -0.4 is 11.1 Å². The number of fused-ring (bicyclic) bond motifs is 4. The Kier molecular flexibility index (Phi) is 21.8. The summed E-state index contributed by atoms with van der Waals surface area (Å²) in [5, 5.41) is 38.0. The summed E-state index contributed by atoms with van der Waals surface area (Å²) in [7, 11) is 0. The van der Waals surface area contributed by atoms with Gasteiger partial charge in [-0.2, -0.15) is 10.5 Å². The summed E-state index contributed by atoms with van der Waals surface area (Å²) >= 11 is 9.51. The number of nitrogen functional groups attached to an aromatic ring is 1. The molecule has 10 aromatic rings. The fraction of sp³-hybridized carbons (Fsp3) is 0.0980. The van der Waals surface area contributed by atoms with Crippen molar-refractivity contribution < 1.29 is 24.3 Å². The maximum Gasteiger partial charge on any atom is 2.00 e. The number of hydrogen-bond donors (Lipinski definition) is 4. The molecule has 0 unspecified atom stereocenters. The Morgan fingerprint density at radius 1 is 0.812 bits per heavy atom. The van der Waals surface area contributed by atoms with E-state index in [1.807, 2.05) is 97.4 Å². The number of aromatic nitrogens is 8. The van der Waals surface area contributed by atoms with Crippen molar-refractivity contribution in [2.24, 2.45) is 0 Å². The van der Waals surface area contributed by atoms with Crippen molar-refractivity contribution in [3.8, 4) is 12.1 Å². The third kappa shape index (κ3) is 14.1. The van der Waals surface area contributed by atoms with Crippen LogP contribution in [0.2, 0.25) is 5.02 Å². The largest absolute Gasteiger partial charge is 2.00 e. The number of anilines is 1. The Balaban J connectivity index is 0.000000307. The number of aryl methyl sites for hydroxylation is 2. The van der Waals surface area contributed by atoms with Crippen LogP contribution in [-0.2, 0) is 32.6 Å². The zero-order chi connectivity index (χ0) is 48.3. The van der Waals surface area contributed by atoms with Crippen molar-refractivity contribution in [3.63, 3.8) is 0 Å². The van der Waals surface area contributed by atoms with Crippen LogP contribution in [0.3, 0.4) is 0 Å². The van der Waals surface area contributed by atoms with Gasteiger partial charge in [-0.3, -0.25) is 24.7 Å². The van der Waals surface area contributed by atoms with Gasteiger partial charge in [-0.15, -0.1) is 0 Å². The van der Waals surface area contributed by atoms with Gasteiger partial charge in [-0.25, -0.2) is 4.98 Å². The number of H-pyrrole nitrogens is 2. The van der Waals surface area contributed by atoms with Gasteiger partial charge in [0.15, 0.2) is 0 Å². The number of amides is 1. The van der Waals surface area contributed by atoms with Crippen molar-refractivity contribution in [2.45, 2.75) is 34.4 Å². The van der Waals surface area contributed by atoms with E-state index in [4.69, 9.17) is 46.3 Å². The van der Waals surface area contributed by atoms with Gasteiger partial charge in [0, 0.05) is 88.2 Å². The molecule has 0 saturated heterocycles. The molecular weight excluding hydrogens is 1010 g/mol. The smallest absolute Gasteiger partial charge is 0.512 e. The molecule has 1 amide bonds. The van der Waals surface area contributed by atoms with Crippen LogP contribution in [-0.4, -0.2) is 45.4 Å². The van der Waals surface area contributed by atoms with E-state index < -0.39 is 0 Å². The number of carbonyl (C=O) groups excluding carboxylic acids is 1. The third-order valence-corrected chi connectivity index (χ3v) is 10.7. The molecule has 0 spiro atoms. The van der Waals surface area contributed by atoms with Crippen LogP contribution in [0.4, 0.5) is 5.82 Å². The summed E-state index contributed by atoms with van der Waals surface area (Å²) in [5.74, 6) is 0.160. The number of benzene rings is 2. The van der Waals surface area contributed by atoms with E-state index in [0.29, 0.717) is 51.5 Å². The molecular formula is C51H42BrClN14OZn. The number of aromatic amines is 2. The summed E-state index contributed by atoms with van der Waals surface area (Å²) < 4.78 is 2.96. The molecule has 8 heterocycles. The fourth-order valence-corrected chi connectivity index (χ4v) is 7.52. The summed E-state index contributed by atoms with van der Waals surface area (Å²) in [6.45, 7) is 14.1. The molecule has 5 N–H and O–H groups in total. The number of pyridine rings is 5. The van der Waals surface area contributed by atoms with Crippen molar-refractivity contribution in [1.82, 2.24) is 44.8 Å². The van der Waals surface area contributed by atoms with E-state index in [1.165, 1.54) is 11.6 Å². The van der Waals surface area contributed by atoms with Crippen molar-refractivity contribution in [3.05, 3.63) is 203 Å². The molecule has 0 atom stereocenters. The van der Waals surface area contributed by atoms with E-state index in [9.17, 15) is 10.1 Å². The molecule has 338 valence electrons. The molecule has 8 aromatic heterocycles. The first-order valence-corrected chi connectivity index (χ1v) is 21.0. The standard InChI is InChI=1S/C27H22ClN7O.C8H5N3.C7H5BrN2.C6H6.2CN.CH4.Zn/c1-15-5-25(30)34-16(2)21(15)11-33-27(36)22-14-35(24-12-31-9-19(8-29)26(22)24)13-17-3-4-23-18(6-17)7-20(28)10-32-23;9-3-6-4-10-5-8-7(6)1-2-11-8;8-6-3-9-4-7-5(6)1-2-10-7;1-2-4-6-5-3-1;2*1-2;;/h3-7,9-10,12,14H,11,13H2,1-2H3,(H2,30,34)(H,33,36);1-2,4-5,11H;1-4,10H;1-6H;;;1H4;/q;;;;2*-1;;+2. The number of hydrogen-bond acceptors (Lipinski definition) is 11. The first kappa shape index (κ1) is 55.0. The Bertz CT molecular complexity index is 3350. The molecule has 18 heteroatoms. The number of nitrogens with zero attached hydrogens (tertiary/aromatic N) is 10. The predicted molar refractivity (Wildman–Crippen MR) is 267 cm³/mol. The molecule has 10 rings (SSSR count). The normalized spacial score (nSPS) is 9.59. The van der Waals surface area contributed by atoms with Crippen LogP contribution in [0.1, 0.15) is 51.3 Å². The van der Waals surface area contributed by atoms with Crippen LogP contribution in [0.5, 0.6) is 0 Å². The zero-order valence-electron chi connectivity index (χ0n) is 36.6. The van der Waals surface area contributed by atoms with Crippen LogP contribution >= 0.6 is 27.5 Å². The van der Waals surface area contributed by atoms with Crippen molar-refractivity contribution in [1.29, 1.82) is 21.0 Å². The number of nitrogens with one attached hydrogen (secondary N) is 3. The molecule has 0 aliphatic rings. The van der Waals surface area contributed by atoms with Gasteiger partial charge in [-0.1, -0.05) is 61.5 Å². The second-order valence-electron chi connectivity index (χ2n) is 14.1. The topological polar surface area (TPSA) is 251 Å². The van der Waals surface area contributed by atoms with E-state index in [1.54, 1.807) is 55.6 Å². The summed E-state index contributed by atoms with van der Waals surface area (Å²) in [4.78, 5) is 40.2. The summed E-state index contributed by atoms with van der Waals surface area (Å²) in [6.07, 6.45) is 17.1. The quantitative estimate of drug-likeness (QED) is 0.0931. The van der Waals surface area contributed by atoms with Gasteiger partial charge in [-0.05, 0) is 82.9 Å². The minimum Gasteiger partial charge on any atom is -0.512 e. The van der Waals surface area contributed by atoms with Gasteiger partial charge in [0.25, 0.3) is 5.91 Å².